The van der Waals surface area contributed by atoms with E-state index in [0.717, 1.165) is 6.92 Å². The Balaban J connectivity index is 6.36. The number of carbonyl (C=O) groups is 13. The number of rotatable bonds is 38. The molecule has 11 amide bonds. The highest BCUT2D eigenvalue weighted by molar-refractivity contribution is 7.80. The van der Waals surface area contributed by atoms with Gasteiger partial charge in [-0.1, -0.05) is 0 Å². The van der Waals surface area contributed by atoms with Crippen molar-refractivity contribution in [2.24, 2.45) is 39.4 Å². The number of nitrogens with two attached hydrogens (primary N) is 6. The summed E-state index contributed by atoms with van der Waals surface area (Å²) in [6.07, 6.45) is -3.87. The molecule has 0 aliphatic heterocycles. The summed E-state index contributed by atoms with van der Waals surface area (Å²) < 4.78 is 0. The van der Waals surface area contributed by atoms with E-state index in [1.807, 2.05) is 5.32 Å². The molecule has 0 aromatic heterocycles. The van der Waals surface area contributed by atoms with Gasteiger partial charge >= 0.3 is 11.9 Å². The second kappa shape index (κ2) is 36.6. The number of hydrogen-bond donors (Lipinski definition) is 22. The van der Waals surface area contributed by atoms with Crippen LogP contribution in [0.15, 0.2) is 4.99 Å². The Hall–Kier alpha value is -6.34. The van der Waals surface area contributed by atoms with Gasteiger partial charge < -0.3 is 97.6 Å². The topological polar surface area (TPSA) is 559 Å². The molecule has 32 nitrogen and oxygen atoms in total. The number of carbonyl (C=O) groups excluding carboxylic acids is 11. The number of thiol groups is 4. The Bertz CT molecular complexity index is 2090. The highest BCUT2D eigenvalue weighted by Gasteiger charge is 2.36. The number of amides is 11. The Kier molecular flexibility index (Phi) is 33.6. The molecule has 0 spiro atoms. The summed E-state index contributed by atoms with van der Waals surface area (Å²) >= 11 is 16.4. The second-order valence-corrected chi connectivity index (χ2v) is 18.0. The van der Waals surface area contributed by atoms with Crippen molar-refractivity contribution >= 4 is 133 Å². The molecule has 0 fully saturated rings. The number of primary amides is 2. The van der Waals surface area contributed by atoms with E-state index in [2.05, 4.69) is 98.0 Å². The summed E-state index contributed by atoms with van der Waals surface area (Å²) in [5, 5.41) is 49.1. The first-order valence-corrected chi connectivity index (χ1v) is 25.5. The lowest BCUT2D eigenvalue weighted by molar-refractivity contribution is -0.146. The van der Waals surface area contributed by atoms with Gasteiger partial charge in [-0.3, -0.25) is 62.5 Å². The van der Waals surface area contributed by atoms with E-state index in [-0.39, 0.29) is 44.7 Å². The predicted octanol–water partition coefficient (Wildman–Crippen LogP) is -9.73. The van der Waals surface area contributed by atoms with Crippen molar-refractivity contribution in [1.29, 1.82) is 0 Å². The van der Waals surface area contributed by atoms with Crippen molar-refractivity contribution in [2.75, 3.05) is 36.1 Å². The molecular formula is C40H70N16O16S4. The minimum Gasteiger partial charge on any atom is -0.481 e. The minimum atomic E-state index is -1.91. The molecule has 0 aliphatic carbocycles. The molecular weight excluding hydrogens is 1090 g/mol. The van der Waals surface area contributed by atoms with Gasteiger partial charge in [-0.05, 0) is 45.6 Å². The molecule has 36 heteroatoms. The Morgan fingerprint density at radius 1 is 0.461 bits per heavy atom. The van der Waals surface area contributed by atoms with Gasteiger partial charge in [0.05, 0.1) is 31.4 Å². The first kappa shape index (κ1) is 69.7. The molecule has 430 valence electrons. The van der Waals surface area contributed by atoms with Crippen LogP contribution in [0.3, 0.4) is 0 Å². The first-order chi connectivity index (χ1) is 35.6. The molecule has 0 unspecified atom stereocenters. The largest absolute Gasteiger partial charge is 0.481 e. The van der Waals surface area contributed by atoms with Crippen LogP contribution in [0.2, 0.25) is 0 Å². The number of hydrogen-bond acceptors (Lipinski definition) is 21. The number of unbranched alkanes of at least 4 members (excludes halogenated alkanes) is 1. The number of aliphatic carboxylic acids is 2. The smallest absolute Gasteiger partial charge is 0.328 e. The van der Waals surface area contributed by atoms with Gasteiger partial charge in [0.2, 0.25) is 65.0 Å². The van der Waals surface area contributed by atoms with Crippen molar-refractivity contribution in [3.05, 3.63) is 0 Å². The lowest BCUT2D eigenvalue weighted by Crippen LogP contribution is -2.61. The minimum absolute atomic E-state index is 0.0354. The number of nitrogens with one attached hydrogen (secondary N) is 9. The van der Waals surface area contributed by atoms with Crippen molar-refractivity contribution in [1.82, 2.24) is 47.9 Å². The Labute approximate surface area is 457 Å². The molecule has 0 saturated heterocycles. The summed E-state index contributed by atoms with van der Waals surface area (Å²) in [6.45, 7) is 1.14. The van der Waals surface area contributed by atoms with Crippen LogP contribution in [0.1, 0.15) is 58.3 Å². The third-order valence-corrected chi connectivity index (χ3v) is 11.7. The zero-order valence-corrected chi connectivity index (χ0v) is 44.7. The van der Waals surface area contributed by atoms with Crippen LogP contribution >= 0.6 is 50.5 Å². The number of aliphatic hydroxyl groups excluding tert-OH is 1. The molecule has 0 aromatic carbocycles. The third-order valence-electron chi connectivity index (χ3n) is 10.3. The van der Waals surface area contributed by atoms with Gasteiger partial charge in [0.15, 0.2) is 12.0 Å². The van der Waals surface area contributed by atoms with Crippen molar-refractivity contribution in [3.63, 3.8) is 0 Å². The SMILES string of the molecule is C[C@@H](O)[C@H](NC(=O)[C@H](CC(=O)O)NC(=O)[C@H](CCCCN)NC(=O)[C@H](CCCN=C(N)N)NC(=O)[C@H](CS)NC(=O)[C@H](CS)NC(=O)[C@H](CS)NC(=O)[C@H](CS)NC(=O)[C@H](CC(N)=O)NC(=O)[C@@H](N)CC(N)=O)C(=O)O. The maximum absolute atomic E-state index is 13.9. The molecule has 0 saturated carbocycles. The van der Waals surface area contributed by atoms with Gasteiger partial charge in [0.1, 0.15) is 48.3 Å². The van der Waals surface area contributed by atoms with E-state index in [9.17, 15) is 77.6 Å². The van der Waals surface area contributed by atoms with Crippen LogP contribution in [-0.2, 0) is 62.3 Å². The van der Waals surface area contributed by atoms with Crippen LogP contribution in [-0.4, -0.2) is 201 Å². The summed E-state index contributed by atoms with van der Waals surface area (Å²) in [5.41, 5.74) is 32.3. The Morgan fingerprint density at radius 2 is 0.789 bits per heavy atom. The first-order valence-electron chi connectivity index (χ1n) is 22.9. The van der Waals surface area contributed by atoms with E-state index in [0.29, 0.717) is 6.42 Å². The quantitative estimate of drug-likeness (QED) is 0.0118. The lowest BCUT2D eigenvalue weighted by Gasteiger charge is -2.27. The summed E-state index contributed by atoms with van der Waals surface area (Å²) in [6, 6.07) is -16.1. The van der Waals surface area contributed by atoms with Crippen molar-refractivity contribution < 1.29 is 77.6 Å². The maximum Gasteiger partial charge on any atom is 0.328 e. The van der Waals surface area contributed by atoms with Gasteiger partial charge in [0.25, 0.3) is 0 Å². The van der Waals surface area contributed by atoms with E-state index < -0.39 is 186 Å². The average Bonchev–Trinajstić information content (AvgIpc) is 3.33. The Morgan fingerprint density at radius 3 is 1.13 bits per heavy atom. The second-order valence-electron chi connectivity index (χ2n) is 16.6. The fourth-order valence-electron chi connectivity index (χ4n) is 6.24. The lowest BCUT2D eigenvalue weighted by atomic mass is 10.0. The van der Waals surface area contributed by atoms with E-state index in [1.165, 1.54) is 0 Å². The molecule has 0 heterocycles. The fraction of sp³-hybridized carbons (Fsp3) is 0.650. The standard InChI is InChI=1S/C40H70N16O16S4/c1-16(57)29(39(71)72)56-34(66)21(11-28(60)61)51-32(64)18(5-2-3-7-41)48-31(63)19(6-4-8-47-40(45)46)49-35(67)22(12-73)53-37(69)24(14-75)55-38(70)25(15-76)54-36(68)23(13-74)52-33(65)20(10-27(44)59)50-30(62)17(42)9-26(43)58/h16-25,29,57,73-76H,2-15,41-42H2,1H3,(H2,43,58)(H2,44,59)(H,48,63)(H,49,67)(H,50,62)(H,51,64)(H,52,65)(H,53,69)(H,54,68)(H,55,70)(H,56,66)(H,60,61)(H,71,72)(H4,45,46,47)/t16-,17+,18+,19+,20+,21+,22+,23+,24+,25+,29+/m1/s1. The van der Waals surface area contributed by atoms with Crippen molar-refractivity contribution in [3.8, 4) is 0 Å². The van der Waals surface area contributed by atoms with Gasteiger partial charge in [-0.15, -0.1) is 0 Å². The summed E-state index contributed by atoms with van der Waals surface area (Å²) in [4.78, 5) is 170. The zero-order valence-electron chi connectivity index (χ0n) is 41.1. The van der Waals surface area contributed by atoms with Crippen LogP contribution < -0.4 is 82.3 Å². The van der Waals surface area contributed by atoms with Crippen molar-refractivity contribution in [2.45, 2.75) is 125 Å². The normalized spacial score (nSPS) is 15.2. The molecule has 0 rings (SSSR count). The van der Waals surface area contributed by atoms with Crippen LogP contribution in [0.25, 0.3) is 0 Å². The molecule has 0 bridgehead atoms. The van der Waals surface area contributed by atoms with E-state index >= 15 is 0 Å². The average molecular weight is 1160 g/mol. The fourth-order valence-corrected chi connectivity index (χ4v) is 7.27. The molecule has 11 atom stereocenters. The highest BCUT2D eigenvalue weighted by Crippen LogP contribution is 2.08. The summed E-state index contributed by atoms with van der Waals surface area (Å²) in [7, 11) is 0. The molecule has 0 aromatic rings. The number of guanidine groups is 1. The molecule has 0 aliphatic rings. The van der Waals surface area contributed by atoms with Crippen LogP contribution in [0, 0.1) is 0 Å². The molecule has 76 heavy (non-hydrogen) atoms. The number of aliphatic imine (C=N–C) groups is 1. The van der Waals surface area contributed by atoms with Crippen LogP contribution in [0.5, 0.6) is 0 Å². The molecule has 24 N–H and O–H groups in total. The van der Waals surface area contributed by atoms with E-state index in [1.54, 1.807) is 0 Å². The third kappa shape index (κ3) is 26.9. The van der Waals surface area contributed by atoms with Gasteiger partial charge in [0, 0.05) is 29.6 Å². The summed E-state index contributed by atoms with van der Waals surface area (Å²) in [5.74, 6) is -16.8. The predicted molar refractivity (Wildman–Crippen MR) is 283 cm³/mol. The van der Waals surface area contributed by atoms with Gasteiger partial charge in [-0.25, -0.2) is 4.79 Å². The van der Waals surface area contributed by atoms with Crippen LogP contribution in [0.4, 0.5) is 0 Å². The van der Waals surface area contributed by atoms with E-state index in [4.69, 9.17) is 34.4 Å². The number of aliphatic hydroxyl groups is 1. The highest BCUT2D eigenvalue weighted by atomic mass is 32.1. The number of carboxylic acid groups (broad SMARTS) is 2. The number of nitrogens with zero attached hydrogens (tertiary/aromatic N) is 1. The monoisotopic (exact) mass is 1160 g/mol. The number of carboxylic acids is 2. The van der Waals surface area contributed by atoms with Gasteiger partial charge in [-0.2, -0.15) is 50.5 Å². The maximum atomic E-state index is 13.9. The zero-order chi connectivity index (χ0) is 58.4. The molecule has 0 radical (unpaired) electrons.